The van der Waals surface area contributed by atoms with Gasteiger partial charge in [-0.15, -0.1) is 0 Å². The molecular formula is C45H27FN4O. The number of hydrogen-bond acceptors (Lipinski definition) is 4. The summed E-state index contributed by atoms with van der Waals surface area (Å²) in [4.78, 5) is 14.8. The Morgan fingerprint density at radius 1 is 0.431 bits per heavy atom. The third kappa shape index (κ3) is 4.72. The minimum absolute atomic E-state index is 0.314. The Bertz CT molecular complexity index is 2870. The van der Waals surface area contributed by atoms with Crippen LogP contribution >= 0.6 is 0 Å². The number of furan rings is 1. The second-order valence-electron chi connectivity index (χ2n) is 12.5. The van der Waals surface area contributed by atoms with Gasteiger partial charge in [-0.3, -0.25) is 0 Å². The van der Waals surface area contributed by atoms with E-state index in [-0.39, 0.29) is 5.82 Å². The van der Waals surface area contributed by atoms with E-state index in [9.17, 15) is 0 Å². The maximum atomic E-state index is 15.9. The average Bonchev–Trinajstić information content (AvgIpc) is 3.74. The van der Waals surface area contributed by atoms with Crippen molar-refractivity contribution in [2.45, 2.75) is 0 Å². The first-order valence-electron chi connectivity index (χ1n) is 16.8. The quantitative estimate of drug-likeness (QED) is 0.185. The molecule has 0 atom stereocenters. The highest BCUT2D eigenvalue weighted by atomic mass is 19.1. The van der Waals surface area contributed by atoms with Gasteiger partial charge in [-0.05, 0) is 48.5 Å². The SMILES string of the molecule is Fc1ccccc1-c1cc(-c2nc(-c3ccccc3)nc(-c3ccccc3)n2)ccc1-n1c2ccccc2c2c3c(ccc21)oc1ccccc13. The third-order valence-electron chi connectivity index (χ3n) is 9.54. The number of para-hydroxylation sites is 2. The first-order valence-corrected chi connectivity index (χ1v) is 16.8. The summed E-state index contributed by atoms with van der Waals surface area (Å²) in [6.07, 6.45) is 0. The van der Waals surface area contributed by atoms with E-state index >= 15 is 4.39 Å². The molecule has 0 spiro atoms. The zero-order valence-electron chi connectivity index (χ0n) is 27.2. The molecule has 0 radical (unpaired) electrons. The molecule has 0 aliphatic rings. The Balaban J connectivity index is 1.26. The van der Waals surface area contributed by atoms with Gasteiger partial charge in [0.05, 0.1) is 16.7 Å². The normalized spacial score (nSPS) is 11.6. The Morgan fingerprint density at radius 3 is 1.76 bits per heavy atom. The van der Waals surface area contributed by atoms with E-state index in [0.29, 0.717) is 28.6 Å². The molecule has 7 aromatic carbocycles. The molecule has 0 saturated heterocycles. The summed E-state index contributed by atoms with van der Waals surface area (Å²) in [5.74, 6) is 1.32. The van der Waals surface area contributed by atoms with Gasteiger partial charge in [-0.2, -0.15) is 0 Å². The maximum absolute atomic E-state index is 15.9. The Kier molecular flexibility index (Phi) is 6.61. The number of rotatable bonds is 5. The van der Waals surface area contributed by atoms with Crippen molar-refractivity contribution in [3.05, 3.63) is 170 Å². The fraction of sp³-hybridized carbons (Fsp3) is 0. The van der Waals surface area contributed by atoms with Crippen LogP contribution in [-0.2, 0) is 0 Å². The lowest BCUT2D eigenvalue weighted by Crippen LogP contribution is -2.02. The Hall–Kier alpha value is -6.92. The predicted octanol–water partition coefficient (Wildman–Crippen LogP) is 11.7. The van der Waals surface area contributed by atoms with Crippen molar-refractivity contribution in [3.8, 4) is 51.0 Å². The smallest absolute Gasteiger partial charge is 0.164 e. The topological polar surface area (TPSA) is 56.7 Å². The molecule has 10 rings (SSSR count). The molecule has 0 unspecified atom stereocenters. The van der Waals surface area contributed by atoms with Crippen molar-refractivity contribution in [2.24, 2.45) is 0 Å². The van der Waals surface area contributed by atoms with Gasteiger partial charge in [0.2, 0.25) is 0 Å². The average molecular weight is 659 g/mol. The van der Waals surface area contributed by atoms with E-state index in [1.54, 1.807) is 6.07 Å². The number of halogens is 1. The molecule has 51 heavy (non-hydrogen) atoms. The van der Waals surface area contributed by atoms with Crippen LogP contribution in [0.25, 0.3) is 94.7 Å². The van der Waals surface area contributed by atoms with Crippen molar-refractivity contribution in [3.63, 3.8) is 0 Å². The molecule has 240 valence electrons. The van der Waals surface area contributed by atoms with Gasteiger partial charge < -0.3 is 8.98 Å². The van der Waals surface area contributed by atoms with Crippen molar-refractivity contribution < 1.29 is 8.81 Å². The summed E-state index contributed by atoms with van der Waals surface area (Å²) < 4.78 is 24.4. The van der Waals surface area contributed by atoms with E-state index in [0.717, 1.165) is 66.1 Å². The van der Waals surface area contributed by atoms with Crippen LogP contribution in [0.1, 0.15) is 0 Å². The highest BCUT2D eigenvalue weighted by Crippen LogP contribution is 2.43. The summed E-state index contributed by atoms with van der Waals surface area (Å²) in [6.45, 7) is 0. The lowest BCUT2D eigenvalue weighted by Gasteiger charge is -2.16. The summed E-state index contributed by atoms with van der Waals surface area (Å²) in [5, 5.41) is 4.30. The van der Waals surface area contributed by atoms with Gasteiger partial charge in [0.1, 0.15) is 17.0 Å². The Labute approximate surface area is 291 Å². The van der Waals surface area contributed by atoms with Gasteiger partial charge in [0.15, 0.2) is 17.5 Å². The number of benzene rings is 7. The highest BCUT2D eigenvalue weighted by Gasteiger charge is 2.22. The molecule has 6 heteroatoms. The van der Waals surface area contributed by atoms with Crippen LogP contribution in [0.5, 0.6) is 0 Å². The molecule has 3 aromatic heterocycles. The molecule has 10 aromatic rings. The van der Waals surface area contributed by atoms with E-state index in [1.807, 2.05) is 115 Å². The van der Waals surface area contributed by atoms with Crippen molar-refractivity contribution >= 4 is 43.7 Å². The lowest BCUT2D eigenvalue weighted by molar-refractivity contribution is 0.631. The standard InChI is InChI=1S/C45H27FN4O/c46-35-20-10-7-17-31(35)34-27-30(45-48-43(28-13-3-1-4-14-28)47-44(49-45)29-15-5-2-6-16-29)23-24-37(34)50-36-21-11-8-18-32(36)41-38(50)25-26-40-42(41)33-19-9-12-22-39(33)51-40/h1-27H. The van der Waals surface area contributed by atoms with Crippen molar-refractivity contribution in [1.29, 1.82) is 0 Å². The van der Waals surface area contributed by atoms with Crippen LogP contribution in [0, 0.1) is 5.82 Å². The number of fused-ring (bicyclic) bond motifs is 7. The second kappa shape index (κ2) is 11.6. The third-order valence-corrected chi connectivity index (χ3v) is 9.54. The molecule has 3 heterocycles. The van der Waals surface area contributed by atoms with Gasteiger partial charge in [0.25, 0.3) is 0 Å². The fourth-order valence-corrected chi connectivity index (χ4v) is 7.24. The molecule has 0 bridgehead atoms. The van der Waals surface area contributed by atoms with E-state index < -0.39 is 0 Å². The van der Waals surface area contributed by atoms with Gasteiger partial charge >= 0.3 is 0 Å². The lowest BCUT2D eigenvalue weighted by atomic mass is 9.99. The Morgan fingerprint density at radius 2 is 1.04 bits per heavy atom. The van der Waals surface area contributed by atoms with Gasteiger partial charge in [0, 0.05) is 49.4 Å². The fourth-order valence-electron chi connectivity index (χ4n) is 7.24. The molecule has 0 fully saturated rings. The molecule has 0 amide bonds. The van der Waals surface area contributed by atoms with Gasteiger partial charge in [-0.1, -0.05) is 115 Å². The molecule has 0 aliphatic carbocycles. The summed E-state index contributed by atoms with van der Waals surface area (Å²) in [5.41, 5.74) is 8.22. The first-order chi connectivity index (χ1) is 25.2. The van der Waals surface area contributed by atoms with E-state index in [2.05, 4.69) is 41.0 Å². The first kappa shape index (κ1) is 29.0. The molecule has 0 N–H and O–H groups in total. The zero-order valence-corrected chi connectivity index (χ0v) is 27.2. The monoisotopic (exact) mass is 658 g/mol. The molecule has 0 aliphatic heterocycles. The highest BCUT2D eigenvalue weighted by molar-refractivity contribution is 6.27. The number of nitrogens with zero attached hydrogens (tertiary/aromatic N) is 4. The van der Waals surface area contributed by atoms with Crippen LogP contribution in [0.3, 0.4) is 0 Å². The molecular weight excluding hydrogens is 632 g/mol. The zero-order chi connectivity index (χ0) is 33.9. The van der Waals surface area contributed by atoms with Gasteiger partial charge in [-0.25, -0.2) is 19.3 Å². The summed E-state index contributed by atoms with van der Waals surface area (Å²) >= 11 is 0. The van der Waals surface area contributed by atoms with Crippen LogP contribution in [0.2, 0.25) is 0 Å². The summed E-state index contributed by atoms with van der Waals surface area (Å²) in [6, 6.07) is 53.4. The maximum Gasteiger partial charge on any atom is 0.164 e. The minimum atomic E-state index is -0.314. The van der Waals surface area contributed by atoms with Crippen LogP contribution < -0.4 is 0 Å². The minimum Gasteiger partial charge on any atom is -0.456 e. The second-order valence-corrected chi connectivity index (χ2v) is 12.5. The van der Waals surface area contributed by atoms with Crippen molar-refractivity contribution in [1.82, 2.24) is 19.5 Å². The summed E-state index contributed by atoms with van der Waals surface area (Å²) in [7, 11) is 0. The van der Waals surface area contributed by atoms with Crippen LogP contribution in [0.15, 0.2) is 168 Å². The van der Waals surface area contributed by atoms with Crippen LogP contribution in [-0.4, -0.2) is 19.5 Å². The molecule has 5 nitrogen and oxygen atoms in total. The number of hydrogen-bond donors (Lipinski definition) is 0. The van der Waals surface area contributed by atoms with Crippen LogP contribution in [0.4, 0.5) is 4.39 Å². The van der Waals surface area contributed by atoms with E-state index in [1.165, 1.54) is 6.07 Å². The largest absolute Gasteiger partial charge is 0.456 e. The predicted molar refractivity (Wildman–Crippen MR) is 203 cm³/mol. The van der Waals surface area contributed by atoms with E-state index in [4.69, 9.17) is 19.4 Å². The molecule has 0 saturated carbocycles. The van der Waals surface area contributed by atoms with Crippen molar-refractivity contribution in [2.75, 3.05) is 0 Å². The number of aromatic nitrogens is 4.